The van der Waals surface area contributed by atoms with E-state index in [2.05, 4.69) is 40.4 Å². The van der Waals surface area contributed by atoms with Gasteiger partial charge in [0.05, 0.1) is 11.7 Å². The lowest BCUT2D eigenvalue weighted by Gasteiger charge is -2.42. The van der Waals surface area contributed by atoms with Crippen LogP contribution in [0.5, 0.6) is 0 Å². The van der Waals surface area contributed by atoms with Gasteiger partial charge in [-0.05, 0) is 31.2 Å². The molecule has 0 bridgehead atoms. The van der Waals surface area contributed by atoms with Gasteiger partial charge >= 0.3 is 0 Å². The van der Waals surface area contributed by atoms with Gasteiger partial charge in [0.15, 0.2) is 5.82 Å². The van der Waals surface area contributed by atoms with Gasteiger partial charge in [-0.25, -0.2) is 4.98 Å². The molecule has 2 aromatic rings. The maximum Gasteiger partial charge on any atom is 0.159 e. The molecule has 0 radical (unpaired) electrons. The van der Waals surface area contributed by atoms with Gasteiger partial charge in [-0.3, -0.25) is 0 Å². The van der Waals surface area contributed by atoms with Crippen LogP contribution in [0.3, 0.4) is 0 Å². The number of nitrogens with zero attached hydrogens (tertiary/aromatic N) is 3. The van der Waals surface area contributed by atoms with E-state index in [-0.39, 0.29) is 6.04 Å². The molecule has 0 saturated heterocycles. The summed E-state index contributed by atoms with van der Waals surface area (Å²) >= 11 is 6.08. The molecule has 0 N–H and O–H groups in total. The van der Waals surface area contributed by atoms with Gasteiger partial charge in [0.25, 0.3) is 0 Å². The Balaban J connectivity index is 2.21. The van der Waals surface area contributed by atoms with E-state index in [1.54, 1.807) is 0 Å². The number of anilines is 3. The van der Waals surface area contributed by atoms with Crippen molar-refractivity contribution in [1.29, 1.82) is 0 Å². The second-order valence-corrected chi connectivity index (χ2v) is 5.30. The highest BCUT2D eigenvalue weighted by Gasteiger charge is 2.31. The lowest BCUT2D eigenvalue weighted by atomic mass is 10.1. The van der Waals surface area contributed by atoms with Crippen LogP contribution in [0, 0.1) is 0 Å². The van der Waals surface area contributed by atoms with Crippen LogP contribution in [0.4, 0.5) is 17.2 Å². The van der Waals surface area contributed by atoms with Gasteiger partial charge in [-0.1, -0.05) is 36.4 Å². The van der Waals surface area contributed by atoms with Gasteiger partial charge < -0.3 is 9.80 Å². The van der Waals surface area contributed by atoms with Gasteiger partial charge in [-0.2, -0.15) is 0 Å². The van der Waals surface area contributed by atoms with Crippen LogP contribution in [0.15, 0.2) is 54.7 Å². The van der Waals surface area contributed by atoms with Gasteiger partial charge in [0.1, 0.15) is 5.15 Å². The monoisotopic (exact) mass is 285 g/mol. The van der Waals surface area contributed by atoms with E-state index in [4.69, 9.17) is 11.6 Å². The summed E-state index contributed by atoms with van der Waals surface area (Å²) in [5.41, 5.74) is 3.14. The molecule has 3 rings (SSSR count). The van der Waals surface area contributed by atoms with Crippen LogP contribution in [0.2, 0.25) is 5.15 Å². The molecule has 0 spiro atoms. The fourth-order valence-corrected chi connectivity index (χ4v) is 2.70. The average molecular weight is 286 g/mol. The molecule has 2 heterocycles. The first kappa shape index (κ1) is 13.0. The third kappa shape index (κ3) is 1.95. The first-order valence-corrected chi connectivity index (χ1v) is 6.90. The Hall–Kier alpha value is -2.00. The van der Waals surface area contributed by atoms with Crippen LogP contribution in [0.1, 0.15) is 6.92 Å². The van der Waals surface area contributed by atoms with Crippen molar-refractivity contribution in [3.05, 3.63) is 59.9 Å². The molecule has 0 amide bonds. The summed E-state index contributed by atoms with van der Waals surface area (Å²) in [5, 5.41) is 0.498. The van der Waals surface area contributed by atoms with Crippen molar-refractivity contribution < 1.29 is 0 Å². The van der Waals surface area contributed by atoms with E-state index < -0.39 is 0 Å². The Labute approximate surface area is 124 Å². The highest BCUT2D eigenvalue weighted by Crippen LogP contribution is 2.41. The van der Waals surface area contributed by atoms with Crippen molar-refractivity contribution in [2.24, 2.45) is 0 Å². The molecule has 3 nitrogen and oxygen atoms in total. The zero-order valence-corrected chi connectivity index (χ0v) is 12.3. The number of pyridine rings is 1. The largest absolute Gasteiger partial charge is 0.344 e. The molecule has 102 valence electrons. The fourth-order valence-electron chi connectivity index (χ4n) is 2.56. The van der Waals surface area contributed by atoms with Crippen molar-refractivity contribution in [2.75, 3.05) is 16.8 Å². The Morgan fingerprint density at radius 3 is 2.55 bits per heavy atom. The van der Waals surface area contributed by atoms with E-state index in [0.717, 1.165) is 22.9 Å². The number of hydrogen-bond donors (Lipinski definition) is 0. The molecular formula is C16H16ClN3. The van der Waals surface area contributed by atoms with Gasteiger partial charge in [-0.15, -0.1) is 0 Å². The molecule has 1 aromatic heterocycles. The maximum atomic E-state index is 6.08. The zero-order chi connectivity index (χ0) is 14.3. The first-order valence-electron chi connectivity index (χ1n) is 6.53. The highest BCUT2D eigenvalue weighted by molar-refractivity contribution is 6.29. The second-order valence-electron chi connectivity index (χ2n) is 4.91. The van der Waals surface area contributed by atoms with Crippen molar-refractivity contribution in [3.8, 4) is 0 Å². The summed E-state index contributed by atoms with van der Waals surface area (Å²) in [5.74, 6) is 0.867. The van der Waals surface area contributed by atoms with Crippen LogP contribution >= 0.6 is 11.6 Å². The predicted octanol–water partition coefficient (Wildman–Crippen LogP) is 4.23. The Kier molecular flexibility index (Phi) is 3.14. The van der Waals surface area contributed by atoms with E-state index >= 15 is 0 Å². The SMILES string of the molecule is C=C1C(C)N(c2ccccc2)c2nc(Cl)ccc2N1C. The van der Waals surface area contributed by atoms with Crippen LogP contribution < -0.4 is 9.80 Å². The molecule has 1 atom stereocenters. The molecule has 20 heavy (non-hydrogen) atoms. The Morgan fingerprint density at radius 2 is 1.85 bits per heavy atom. The Morgan fingerprint density at radius 1 is 1.15 bits per heavy atom. The second kappa shape index (κ2) is 4.84. The number of halogens is 1. The average Bonchev–Trinajstić information content (AvgIpc) is 2.46. The minimum atomic E-state index is 0.126. The molecule has 0 fully saturated rings. The summed E-state index contributed by atoms with van der Waals surface area (Å²) < 4.78 is 0. The first-order chi connectivity index (χ1) is 9.59. The molecule has 4 heteroatoms. The summed E-state index contributed by atoms with van der Waals surface area (Å²) in [6, 6.07) is 14.1. The lowest BCUT2D eigenvalue weighted by Crippen LogP contribution is -2.41. The molecule has 1 aromatic carbocycles. The lowest BCUT2D eigenvalue weighted by molar-refractivity contribution is 0.746. The highest BCUT2D eigenvalue weighted by atomic mass is 35.5. The smallest absolute Gasteiger partial charge is 0.159 e. The van der Waals surface area contributed by atoms with E-state index in [9.17, 15) is 0 Å². The number of hydrogen-bond acceptors (Lipinski definition) is 3. The molecule has 0 saturated carbocycles. The zero-order valence-electron chi connectivity index (χ0n) is 11.5. The van der Waals surface area contributed by atoms with Crippen molar-refractivity contribution in [2.45, 2.75) is 13.0 Å². The van der Waals surface area contributed by atoms with Crippen molar-refractivity contribution >= 4 is 28.8 Å². The standard InChI is InChI=1S/C16H16ClN3/c1-11-12(2)20(13-7-5-4-6-8-13)16-14(19(11)3)9-10-15(17)18-16/h4-10,12H,1H2,2-3H3. The number of rotatable bonds is 1. The molecular weight excluding hydrogens is 270 g/mol. The normalized spacial score (nSPS) is 18.1. The molecule has 0 aliphatic carbocycles. The molecule has 1 unspecified atom stereocenters. The molecule has 1 aliphatic rings. The quantitative estimate of drug-likeness (QED) is 0.731. The number of aromatic nitrogens is 1. The summed E-state index contributed by atoms with van der Waals surface area (Å²) in [6.07, 6.45) is 0. The number of para-hydroxylation sites is 1. The topological polar surface area (TPSA) is 19.4 Å². The van der Waals surface area contributed by atoms with Crippen LogP contribution in [-0.2, 0) is 0 Å². The third-order valence-corrected chi connectivity index (χ3v) is 3.96. The fraction of sp³-hybridized carbons (Fsp3) is 0.188. The molecule has 1 aliphatic heterocycles. The minimum absolute atomic E-state index is 0.126. The van der Waals surface area contributed by atoms with Gasteiger partial charge in [0, 0.05) is 18.4 Å². The van der Waals surface area contributed by atoms with Gasteiger partial charge in [0.2, 0.25) is 0 Å². The van der Waals surface area contributed by atoms with E-state index in [0.29, 0.717) is 5.15 Å². The number of benzene rings is 1. The minimum Gasteiger partial charge on any atom is -0.344 e. The van der Waals surface area contributed by atoms with Crippen LogP contribution in [-0.4, -0.2) is 18.1 Å². The van der Waals surface area contributed by atoms with E-state index in [1.807, 2.05) is 37.4 Å². The van der Waals surface area contributed by atoms with Crippen LogP contribution in [0.25, 0.3) is 0 Å². The summed E-state index contributed by atoms with van der Waals surface area (Å²) in [7, 11) is 2.01. The van der Waals surface area contributed by atoms with Crippen molar-refractivity contribution in [3.63, 3.8) is 0 Å². The predicted molar refractivity (Wildman–Crippen MR) is 84.8 cm³/mol. The summed E-state index contributed by atoms with van der Waals surface area (Å²) in [6.45, 7) is 6.32. The maximum absolute atomic E-state index is 6.08. The number of fused-ring (bicyclic) bond motifs is 1. The van der Waals surface area contributed by atoms with Crippen molar-refractivity contribution in [1.82, 2.24) is 4.98 Å². The summed E-state index contributed by atoms with van der Waals surface area (Å²) in [4.78, 5) is 8.76. The third-order valence-electron chi connectivity index (χ3n) is 3.74. The number of likely N-dealkylation sites (N-methyl/N-ethyl adjacent to an activating group) is 1. The van der Waals surface area contributed by atoms with E-state index in [1.165, 1.54) is 0 Å². The Bertz CT molecular complexity index is 654.